The third kappa shape index (κ3) is 3.72. The molecule has 3 rings (SSSR count). The van der Waals surface area contributed by atoms with Crippen molar-refractivity contribution in [2.45, 2.75) is 0 Å². The fraction of sp³-hybridized carbons (Fsp3) is 0.0556. The van der Waals surface area contributed by atoms with Crippen molar-refractivity contribution >= 4 is 34.6 Å². The number of hydrogen-bond donors (Lipinski definition) is 0. The van der Waals surface area contributed by atoms with Crippen LogP contribution in [0.25, 0.3) is 6.08 Å². The first-order valence-electron chi connectivity index (χ1n) is 7.29. The number of thioether (sulfide) groups is 1. The van der Waals surface area contributed by atoms with Gasteiger partial charge in [0.2, 0.25) is 0 Å². The lowest BCUT2D eigenvalue weighted by Gasteiger charge is -2.12. The fourth-order valence-corrected chi connectivity index (χ4v) is 3.00. The molecule has 1 aliphatic rings. The first-order valence-corrected chi connectivity index (χ1v) is 8.11. The molecule has 0 spiro atoms. The molecule has 120 valence electrons. The molecule has 0 aromatic carbocycles. The van der Waals surface area contributed by atoms with Crippen LogP contribution in [-0.4, -0.2) is 27.5 Å². The number of allylic oxidation sites excluding steroid dienone is 2. The van der Waals surface area contributed by atoms with E-state index >= 15 is 0 Å². The van der Waals surface area contributed by atoms with E-state index in [4.69, 9.17) is 4.42 Å². The smallest absolute Gasteiger partial charge is 0.267 e. The van der Waals surface area contributed by atoms with Crippen LogP contribution in [0.3, 0.4) is 0 Å². The number of rotatable bonds is 5. The predicted molar refractivity (Wildman–Crippen MR) is 96.7 cm³/mol. The van der Waals surface area contributed by atoms with Crippen molar-refractivity contribution in [3.63, 3.8) is 0 Å². The zero-order valence-electron chi connectivity index (χ0n) is 12.8. The van der Waals surface area contributed by atoms with Crippen molar-refractivity contribution in [3.05, 3.63) is 78.4 Å². The topological polar surface area (TPSA) is 58.7 Å². The maximum absolute atomic E-state index is 12.5. The van der Waals surface area contributed by atoms with Crippen LogP contribution in [0.5, 0.6) is 0 Å². The summed E-state index contributed by atoms with van der Waals surface area (Å²) in [5, 5.41) is 0.616. The Balaban J connectivity index is 1.84. The molecule has 0 atom stereocenters. The number of carbonyl (C=O) groups is 1. The number of amidine groups is 1. The molecule has 0 bridgehead atoms. The summed E-state index contributed by atoms with van der Waals surface area (Å²) < 4.78 is 5.22. The van der Waals surface area contributed by atoms with Crippen LogP contribution in [0.2, 0.25) is 0 Å². The number of nitrogens with zero attached hydrogens (tertiary/aromatic N) is 3. The predicted octanol–water partition coefficient (Wildman–Crippen LogP) is 4.02. The van der Waals surface area contributed by atoms with Crippen LogP contribution >= 0.6 is 11.8 Å². The number of aliphatic imine (C=N–C) groups is 1. The number of carbonyl (C=O) groups excluding carboxylic acids is 1. The first kappa shape index (κ1) is 16.0. The first-order chi connectivity index (χ1) is 11.8. The van der Waals surface area contributed by atoms with Crippen LogP contribution in [0, 0.1) is 0 Å². The van der Waals surface area contributed by atoms with E-state index in [9.17, 15) is 4.79 Å². The van der Waals surface area contributed by atoms with Gasteiger partial charge in [-0.25, -0.2) is 4.99 Å². The lowest BCUT2D eigenvalue weighted by atomic mass is 10.3. The molecule has 1 saturated heterocycles. The highest BCUT2D eigenvalue weighted by Crippen LogP contribution is 2.32. The molecule has 1 aliphatic heterocycles. The summed E-state index contributed by atoms with van der Waals surface area (Å²) in [4.78, 5) is 23.3. The minimum Gasteiger partial charge on any atom is -0.465 e. The van der Waals surface area contributed by atoms with Crippen molar-refractivity contribution in [2.24, 2.45) is 4.99 Å². The number of aromatic nitrogens is 1. The molecule has 6 heteroatoms. The highest BCUT2D eigenvalue weighted by Gasteiger charge is 2.32. The largest absolute Gasteiger partial charge is 0.465 e. The third-order valence-electron chi connectivity index (χ3n) is 3.12. The Morgan fingerprint density at radius 3 is 3.00 bits per heavy atom. The number of hydrogen-bond acceptors (Lipinski definition) is 5. The lowest BCUT2D eigenvalue weighted by molar-refractivity contribution is -0.121. The summed E-state index contributed by atoms with van der Waals surface area (Å²) in [6.45, 7) is 4.11. The second-order valence-corrected chi connectivity index (χ2v) is 5.83. The van der Waals surface area contributed by atoms with Gasteiger partial charge in [0.05, 0.1) is 23.1 Å². The average Bonchev–Trinajstić information content (AvgIpc) is 3.20. The zero-order valence-corrected chi connectivity index (χ0v) is 13.6. The molecular weight excluding hydrogens is 322 g/mol. The van der Waals surface area contributed by atoms with Gasteiger partial charge in [0.15, 0.2) is 5.17 Å². The van der Waals surface area contributed by atoms with Crippen LogP contribution in [-0.2, 0) is 4.79 Å². The van der Waals surface area contributed by atoms with E-state index in [1.165, 1.54) is 11.8 Å². The number of pyridine rings is 1. The van der Waals surface area contributed by atoms with Crippen molar-refractivity contribution in [1.29, 1.82) is 0 Å². The Kier molecular flexibility index (Phi) is 5.08. The summed E-state index contributed by atoms with van der Waals surface area (Å²) in [5.41, 5.74) is 0.703. The highest BCUT2D eigenvalue weighted by molar-refractivity contribution is 8.18. The molecule has 0 aliphatic carbocycles. The summed E-state index contributed by atoms with van der Waals surface area (Å²) in [5.74, 6) is 0.640. The van der Waals surface area contributed by atoms with Crippen molar-refractivity contribution in [1.82, 2.24) is 9.88 Å². The van der Waals surface area contributed by atoms with E-state index in [0.717, 1.165) is 5.76 Å². The van der Waals surface area contributed by atoms with Crippen LogP contribution in [0.15, 0.2) is 82.0 Å². The third-order valence-corrected chi connectivity index (χ3v) is 4.15. The van der Waals surface area contributed by atoms with E-state index in [2.05, 4.69) is 16.6 Å². The van der Waals surface area contributed by atoms with Gasteiger partial charge >= 0.3 is 0 Å². The molecule has 5 nitrogen and oxygen atoms in total. The lowest BCUT2D eigenvalue weighted by Crippen LogP contribution is -2.29. The molecule has 0 N–H and O–H groups in total. The fourth-order valence-electron chi connectivity index (χ4n) is 2.04. The van der Waals surface area contributed by atoms with E-state index in [1.54, 1.807) is 47.9 Å². The molecule has 2 aromatic rings. The van der Waals surface area contributed by atoms with Gasteiger partial charge in [-0.2, -0.15) is 0 Å². The standard InChI is InChI=1S/C18H15N3O2S/c1-2-11-21-17(22)16(9-3-7-15-8-5-12-23-15)24-18(21)20-14-6-4-10-19-13-14/h2-10,12-13H,1,11H2/b7-3+,16-9+,20-18?. The van der Waals surface area contributed by atoms with Gasteiger partial charge in [0.25, 0.3) is 5.91 Å². The minimum atomic E-state index is -0.0911. The quantitative estimate of drug-likeness (QED) is 0.611. The summed E-state index contributed by atoms with van der Waals surface area (Å²) in [7, 11) is 0. The van der Waals surface area contributed by atoms with Gasteiger partial charge < -0.3 is 4.42 Å². The molecule has 3 heterocycles. The normalized spacial score (nSPS) is 18.2. The maximum Gasteiger partial charge on any atom is 0.267 e. The average molecular weight is 337 g/mol. The van der Waals surface area contributed by atoms with Gasteiger partial charge in [-0.05, 0) is 48.2 Å². The van der Waals surface area contributed by atoms with Gasteiger partial charge in [0.1, 0.15) is 5.76 Å². The van der Waals surface area contributed by atoms with Crippen LogP contribution < -0.4 is 0 Å². The van der Waals surface area contributed by atoms with Gasteiger partial charge in [-0.1, -0.05) is 12.2 Å². The summed E-state index contributed by atoms with van der Waals surface area (Å²) in [6, 6.07) is 7.31. The zero-order chi connectivity index (χ0) is 16.8. The van der Waals surface area contributed by atoms with Crippen LogP contribution in [0.4, 0.5) is 5.69 Å². The van der Waals surface area contributed by atoms with E-state index in [-0.39, 0.29) is 5.91 Å². The molecule has 0 radical (unpaired) electrons. The second-order valence-electron chi connectivity index (χ2n) is 4.82. The number of amides is 1. The Morgan fingerprint density at radius 2 is 2.29 bits per heavy atom. The van der Waals surface area contributed by atoms with E-state index in [1.807, 2.05) is 24.3 Å². The number of furan rings is 1. The minimum absolute atomic E-state index is 0.0911. The van der Waals surface area contributed by atoms with Gasteiger partial charge in [-0.3, -0.25) is 14.7 Å². The highest BCUT2D eigenvalue weighted by atomic mass is 32.2. The van der Waals surface area contributed by atoms with Crippen molar-refractivity contribution in [3.8, 4) is 0 Å². The summed E-state index contributed by atoms with van der Waals surface area (Å²) >= 11 is 1.33. The van der Waals surface area contributed by atoms with Crippen LogP contribution in [0.1, 0.15) is 5.76 Å². The molecule has 1 amide bonds. The Labute approximate surface area is 144 Å². The SMILES string of the molecule is C=CCN1C(=O)/C(=C\C=C\c2ccco2)SC1=Nc1cccnc1. The molecule has 24 heavy (non-hydrogen) atoms. The van der Waals surface area contributed by atoms with E-state index < -0.39 is 0 Å². The Hall–Kier alpha value is -2.86. The van der Waals surface area contributed by atoms with Gasteiger partial charge in [0, 0.05) is 12.7 Å². The monoisotopic (exact) mass is 337 g/mol. The molecule has 0 unspecified atom stereocenters. The van der Waals surface area contributed by atoms with E-state index in [0.29, 0.717) is 22.3 Å². The Morgan fingerprint density at radius 1 is 1.38 bits per heavy atom. The van der Waals surface area contributed by atoms with Crippen molar-refractivity contribution < 1.29 is 9.21 Å². The summed E-state index contributed by atoms with van der Waals surface area (Å²) in [6.07, 6.45) is 12.0. The Bertz CT molecular complexity index is 808. The van der Waals surface area contributed by atoms with Crippen molar-refractivity contribution in [2.75, 3.05) is 6.54 Å². The molecule has 2 aromatic heterocycles. The molecular formula is C18H15N3O2S. The molecule has 0 saturated carbocycles. The second kappa shape index (κ2) is 7.61. The van der Waals surface area contributed by atoms with Gasteiger partial charge in [-0.15, -0.1) is 6.58 Å². The molecule has 1 fully saturated rings. The maximum atomic E-state index is 12.5.